The van der Waals surface area contributed by atoms with Crippen molar-refractivity contribution in [1.82, 2.24) is 4.90 Å². The summed E-state index contributed by atoms with van der Waals surface area (Å²) in [5.41, 5.74) is 7.39. The van der Waals surface area contributed by atoms with Crippen LogP contribution < -0.4 is 5.73 Å². The zero-order valence-corrected chi connectivity index (χ0v) is 12.7. The molecule has 18 heavy (non-hydrogen) atoms. The van der Waals surface area contributed by atoms with Crippen molar-refractivity contribution < 1.29 is 0 Å². The van der Waals surface area contributed by atoms with Gasteiger partial charge in [0.25, 0.3) is 0 Å². The Morgan fingerprint density at radius 1 is 1.22 bits per heavy atom. The number of halogens is 3. The molecule has 0 amide bonds. The van der Waals surface area contributed by atoms with E-state index in [4.69, 9.17) is 17.3 Å². The molecule has 1 aliphatic rings. The summed E-state index contributed by atoms with van der Waals surface area (Å²) in [6, 6.07) is 8.20. The number of likely N-dealkylation sites (tertiary alicyclic amines) is 1. The fraction of sp³-hybridized carbons (Fsp3) is 0.538. The van der Waals surface area contributed by atoms with Crippen molar-refractivity contribution in [2.75, 3.05) is 19.6 Å². The van der Waals surface area contributed by atoms with Crippen LogP contribution in [0.15, 0.2) is 24.3 Å². The quantitative estimate of drug-likeness (QED) is 0.925. The lowest BCUT2D eigenvalue weighted by atomic mass is 10.1. The smallest absolute Gasteiger partial charge is 0.0408 e. The highest BCUT2D eigenvalue weighted by molar-refractivity contribution is 6.30. The van der Waals surface area contributed by atoms with Crippen LogP contribution in [0.3, 0.4) is 0 Å². The minimum Gasteiger partial charge on any atom is -0.326 e. The Morgan fingerprint density at radius 2 is 1.89 bits per heavy atom. The zero-order valence-electron chi connectivity index (χ0n) is 10.3. The van der Waals surface area contributed by atoms with Crippen molar-refractivity contribution in [3.63, 3.8) is 0 Å². The highest BCUT2D eigenvalue weighted by Gasteiger charge is 2.15. The third-order valence-electron chi connectivity index (χ3n) is 3.08. The van der Waals surface area contributed by atoms with Crippen LogP contribution in [-0.4, -0.2) is 30.6 Å². The first-order valence-corrected chi connectivity index (χ1v) is 6.34. The van der Waals surface area contributed by atoms with Crippen LogP contribution in [0.2, 0.25) is 5.02 Å². The minimum absolute atomic E-state index is 0. The molecular weight excluding hydrogens is 291 g/mol. The van der Waals surface area contributed by atoms with Crippen LogP contribution >= 0.6 is 36.4 Å². The average molecular weight is 312 g/mol. The molecule has 0 aromatic heterocycles. The summed E-state index contributed by atoms with van der Waals surface area (Å²) in [6.45, 7) is 3.43. The van der Waals surface area contributed by atoms with Gasteiger partial charge in [-0.2, -0.15) is 0 Å². The van der Waals surface area contributed by atoms with E-state index in [-0.39, 0.29) is 30.9 Å². The molecule has 0 bridgehead atoms. The van der Waals surface area contributed by atoms with Gasteiger partial charge >= 0.3 is 0 Å². The molecule has 1 fully saturated rings. The molecule has 1 unspecified atom stereocenters. The van der Waals surface area contributed by atoms with Gasteiger partial charge in [-0.05, 0) is 50.0 Å². The van der Waals surface area contributed by atoms with Gasteiger partial charge in [-0.3, -0.25) is 0 Å². The summed E-state index contributed by atoms with van der Waals surface area (Å²) in [5.74, 6) is 0. The van der Waals surface area contributed by atoms with Gasteiger partial charge in [0, 0.05) is 17.6 Å². The average Bonchev–Trinajstić information content (AvgIpc) is 2.70. The zero-order chi connectivity index (χ0) is 11.4. The summed E-state index contributed by atoms with van der Waals surface area (Å²) in [4.78, 5) is 2.45. The molecule has 104 valence electrons. The lowest BCUT2D eigenvalue weighted by Crippen LogP contribution is -2.37. The van der Waals surface area contributed by atoms with E-state index >= 15 is 0 Å². The standard InChI is InChI=1S/C13H19ClN2.2ClH/c14-12-5-3-4-11(8-12)9-13(15)10-16-6-1-2-7-16;;/h3-5,8,13H,1-2,6-7,9-10,15H2;2*1H. The number of rotatable bonds is 4. The Bertz CT molecular complexity index is 341. The van der Waals surface area contributed by atoms with E-state index in [0.717, 1.165) is 18.0 Å². The van der Waals surface area contributed by atoms with Gasteiger partial charge in [-0.15, -0.1) is 24.8 Å². The van der Waals surface area contributed by atoms with Crippen LogP contribution in [0.5, 0.6) is 0 Å². The van der Waals surface area contributed by atoms with Gasteiger partial charge in [0.1, 0.15) is 0 Å². The second-order valence-electron chi connectivity index (χ2n) is 4.60. The minimum atomic E-state index is 0. The Labute approximate surface area is 127 Å². The van der Waals surface area contributed by atoms with Crippen molar-refractivity contribution in [2.24, 2.45) is 5.73 Å². The van der Waals surface area contributed by atoms with Crippen molar-refractivity contribution in [3.05, 3.63) is 34.9 Å². The molecule has 1 atom stereocenters. The first kappa shape index (κ1) is 18.0. The lowest BCUT2D eigenvalue weighted by molar-refractivity contribution is 0.313. The molecule has 1 aromatic carbocycles. The number of benzene rings is 1. The molecule has 2 N–H and O–H groups in total. The second kappa shape index (κ2) is 9.00. The maximum atomic E-state index is 6.15. The first-order chi connectivity index (χ1) is 7.74. The number of hydrogen-bond acceptors (Lipinski definition) is 2. The molecule has 5 heteroatoms. The lowest BCUT2D eigenvalue weighted by Gasteiger charge is -2.20. The van der Waals surface area contributed by atoms with Gasteiger partial charge in [0.2, 0.25) is 0 Å². The van der Waals surface area contributed by atoms with E-state index in [2.05, 4.69) is 11.0 Å². The monoisotopic (exact) mass is 310 g/mol. The molecule has 1 saturated heterocycles. The topological polar surface area (TPSA) is 29.3 Å². The van der Waals surface area contributed by atoms with Gasteiger partial charge in [-0.1, -0.05) is 23.7 Å². The van der Waals surface area contributed by atoms with Crippen LogP contribution in [0.4, 0.5) is 0 Å². The van der Waals surface area contributed by atoms with Gasteiger partial charge < -0.3 is 10.6 Å². The van der Waals surface area contributed by atoms with Crippen molar-refractivity contribution >= 4 is 36.4 Å². The maximum Gasteiger partial charge on any atom is 0.0408 e. The number of nitrogens with zero attached hydrogens (tertiary/aromatic N) is 1. The SMILES string of the molecule is Cl.Cl.NC(Cc1cccc(Cl)c1)CN1CCCC1. The summed E-state index contributed by atoms with van der Waals surface area (Å²) in [5, 5.41) is 0.797. The van der Waals surface area contributed by atoms with E-state index in [1.165, 1.54) is 31.5 Å². The summed E-state index contributed by atoms with van der Waals surface area (Å²) < 4.78 is 0. The number of nitrogens with two attached hydrogens (primary N) is 1. The molecular formula is C13H21Cl3N2. The molecule has 2 rings (SSSR count). The van der Waals surface area contributed by atoms with Crippen LogP contribution in [0.1, 0.15) is 18.4 Å². The van der Waals surface area contributed by atoms with Crippen molar-refractivity contribution in [1.29, 1.82) is 0 Å². The Morgan fingerprint density at radius 3 is 2.50 bits per heavy atom. The molecule has 1 aromatic rings. The fourth-order valence-electron chi connectivity index (χ4n) is 2.33. The van der Waals surface area contributed by atoms with Crippen LogP contribution in [0, 0.1) is 0 Å². The summed E-state index contributed by atoms with van der Waals surface area (Å²) in [7, 11) is 0. The molecule has 0 radical (unpaired) electrons. The van der Waals surface area contributed by atoms with E-state index in [1.807, 2.05) is 18.2 Å². The van der Waals surface area contributed by atoms with Crippen LogP contribution in [0.25, 0.3) is 0 Å². The third kappa shape index (κ3) is 5.77. The molecule has 0 saturated carbocycles. The molecule has 0 aliphatic carbocycles. The van der Waals surface area contributed by atoms with E-state index in [0.29, 0.717) is 0 Å². The van der Waals surface area contributed by atoms with Gasteiger partial charge in [-0.25, -0.2) is 0 Å². The number of hydrogen-bond donors (Lipinski definition) is 1. The predicted molar refractivity (Wildman–Crippen MR) is 83.3 cm³/mol. The fourth-order valence-corrected chi connectivity index (χ4v) is 2.54. The highest BCUT2D eigenvalue weighted by Crippen LogP contribution is 2.13. The van der Waals surface area contributed by atoms with Crippen molar-refractivity contribution in [2.45, 2.75) is 25.3 Å². The van der Waals surface area contributed by atoms with E-state index in [1.54, 1.807) is 0 Å². The van der Waals surface area contributed by atoms with Crippen molar-refractivity contribution in [3.8, 4) is 0 Å². The Kier molecular flexibility index (Phi) is 9.01. The molecule has 2 nitrogen and oxygen atoms in total. The largest absolute Gasteiger partial charge is 0.326 e. The Balaban J connectivity index is 0.00000144. The van der Waals surface area contributed by atoms with E-state index in [9.17, 15) is 0 Å². The summed E-state index contributed by atoms with van der Waals surface area (Å²) >= 11 is 5.95. The predicted octanol–water partition coefficient (Wildman–Crippen LogP) is 3.15. The van der Waals surface area contributed by atoms with E-state index < -0.39 is 0 Å². The third-order valence-corrected chi connectivity index (χ3v) is 3.31. The summed E-state index contributed by atoms with van der Waals surface area (Å²) in [6.07, 6.45) is 3.56. The Hall–Kier alpha value is 0.01000. The molecule has 1 heterocycles. The molecule has 0 spiro atoms. The normalized spacial score (nSPS) is 16.8. The highest BCUT2D eigenvalue weighted by atomic mass is 35.5. The second-order valence-corrected chi connectivity index (χ2v) is 5.04. The van der Waals surface area contributed by atoms with Gasteiger partial charge in [0.05, 0.1) is 0 Å². The molecule has 1 aliphatic heterocycles. The van der Waals surface area contributed by atoms with Gasteiger partial charge in [0.15, 0.2) is 0 Å². The van der Waals surface area contributed by atoms with Crippen LogP contribution in [-0.2, 0) is 6.42 Å². The maximum absolute atomic E-state index is 6.15. The first-order valence-electron chi connectivity index (χ1n) is 5.96.